The summed E-state index contributed by atoms with van der Waals surface area (Å²) in [5.74, 6) is 0.790. The van der Waals surface area contributed by atoms with Crippen LogP contribution in [0, 0.1) is 12.8 Å². The second-order valence-electron chi connectivity index (χ2n) is 4.43. The molecule has 1 N–H and O–H groups in total. The monoisotopic (exact) mass is 221 g/mol. The Morgan fingerprint density at radius 2 is 2.25 bits per heavy atom. The van der Waals surface area contributed by atoms with Crippen LogP contribution in [0.25, 0.3) is 0 Å². The Morgan fingerprint density at radius 1 is 1.44 bits per heavy atom. The average Bonchev–Trinajstić information content (AvgIpc) is 3.10. The minimum Gasteiger partial charge on any atom is -0.383 e. The van der Waals surface area contributed by atoms with Gasteiger partial charge < -0.3 is 10.1 Å². The van der Waals surface area contributed by atoms with E-state index in [1.807, 2.05) is 13.1 Å². The first-order chi connectivity index (χ1) is 7.79. The van der Waals surface area contributed by atoms with Gasteiger partial charge in [0.25, 0.3) is 0 Å². The smallest absolute Gasteiger partial charge is 0.0724 e. The van der Waals surface area contributed by atoms with Crippen molar-refractivity contribution in [2.75, 3.05) is 13.7 Å². The summed E-state index contributed by atoms with van der Waals surface area (Å²) >= 11 is 0. The van der Waals surface area contributed by atoms with Crippen LogP contribution in [0.2, 0.25) is 0 Å². The number of methoxy groups -OCH3 is 1. The number of aryl methyl sites for hydroxylation is 1. The van der Waals surface area contributed by atoms with Crippen molar-refractivity contribution < 1.29 is 4.74 Å². The molecule has 0 amide bonds. The summed E-state index contributed by atoms with van der Waals surface area (Å²) in [4.78, 5) is 8.55. The standard InChI is InChI=1S/C12H19N3O/c1-9-5-14-11(6-13-9)7-15-12(8-16-2)10-3-4-10/h5-6,10,12,15H,3-4,7-8H2,1-2H3. The normalized spacial score (nSPS) is 17.4. The predicted octanol–water partition coefficient (Wildman–Crippen LogP) is 1.30. The number of hydrogen-bond donors (Lipinski definition) is 1. The fourth-order valence-electron chi connectivity index (χ4n) is 1.79. The summed E-state index contributed by atoms with van der Waals surface area (Å²) in [6.45, 7) is 3.50. The van der Waals surface area contributed by atoms with Crippen LogP contribution >= 0.6 is 0 Å². The van der Waals surface area contributed by atoms with E-state index >= 15 is 0 Å². The maximum absolute atomic E-state index is 5.21. The van der Waals surface area contributed by atoms with Crippen LogP contribution in [-0.4, -0.2) is 29.7 Å². The summed E-state index contributed by atoms with van der Waals surface area (Å²) in [7, 11) is 1.75. The molecule has 0 bridgehead atoms. The Bertz CT molecular complexity index is 322. The van der Waals surface area contributed by atoms with Gasteiger partial charge in [0.1, 0.15) is 0 Å². The van der Waals surface area contributed by atoms with Crippen molar-refractivity contribution in [3.05, 3.63) is 23.8 Å². The molecule has 0 radical (unpaired) electrons. The molecule has 0 saturated heterocycles. The first-order valence-corrected chi connectivity index (χ1v) is 5.79. The Labute approximate surface area is 96.4 Å². The Hall–Kier alpha value is -1.00. The van der Waals surface area contributed by atoms with Crippen LogP contribution in [0.15, 0.2) is 12.4 Å². The van der Waals surface area contributed by atoms with E-state index in [-0.39, 0.29) is 0 Å². The fraction of sp³-hybridized carbons (Fsp3) is 0.667. The second kappa shape index (κ2) is 5.37. The van der Waals surface area contributed by atoms with E-state index in [4.69, 9.17) is 4.74 Å². The summed E-state index contributed by atoms with van der Waals surface area (Å²) in [5.41, 5.74) is 1.95. The van der Waals surface area contributed by atoms with Gasteiger partial charge >= 0.3 is 0 Å². The molecule has 16 heavy (non-hydrogen) atoms. The third-order valence-electron chi connectivity index (χ3n) is 2.92. The molecule has 0 aliphatic heterocycles. The molecule has 1 aromatic heterocycles. The van der Waals surface area contributed by atoms with Gasteiger partial charge in [-0.15, -0.1) is 0 Å². The van der Waals surface area contributed by atoms with Crippen molar-refractivity contribution in [1.29, 1.82) is 0 Å². The van der Waals surface area contributed by atoms with E-state index < -0.39 is 0 Å². The van der Waals surface area contributed by atoms with Gasteiger partial charge in [-0.05, 0) is 25.7 Å². The van der Waals surface area contributed by atoms with Gasteiger partial charge in [0.2, 0.25) is 0 Å². The molecule has 1 fully saturated rings. The van der Waals surface area contributed by atoms with E-state index in [1.54, 1.807) is 13.3 Å². The quantitative estimate of drug-likeness (QED) is 0.786. The third-order valence-corrected chi connectivity index (χ3v) is 2.92. The predicted molar refractivity (Wildman–Crippen MR) is 62.0 cm³/mol. The minimum absolute atomic E-state index is 0.466. The number of nitrogens with zero attached hydrogens (tertiary/aromatic N) is 2. The summed E-state index contributed by atoms with van der Waals surface area (Å²) in [6, 6.07) is 0.466. The molecular formula is C12H19N3O. The number of nitrogens with one attached hydrogen (secondary N) is 1. The highest BCUT2D eigenvalue weighted by atomic mass is 16.5. The van der Waals surface area contributed by atoms with Crippen molar-refractivity contribution in [3.8, 4) is 0 Å². The van der Waals surface area contributed by atoms with Crippen LogP contribution < -0.4 is 5.32 Å². The molecule has 4 nitrogen and oxygen atoms in total. The lowest BCUT2D eigenvalue weighted by Crippen LogP contribution is -2.34. The molecule has 1 aromatic rings. The molecule has 0 aromatic carbocycles. The number of hydrogen-bond acceptors (Lipinski definition) is 4. The van der Waals surface area contributed by atoms with E-state index in [1.165, 1.54) is 12.8 Å². The average molecular weight is 221 g/mol. The van der Waals surface area contributed by atoms with Gasteiger partial charge in [0.15, 0.2) is 0 Å². The molecule has 1 aliphatic rings. The number of aromatic nitrogens is 2. The van der Waals surface area contributed by atoms with Crippen molar-refractivity contribution in [2.24, 2.45) is 5.92 Å². The first-order valence-electron chi connectivity index (χ1n) is 5.79. The van der Waals surface area contributed by atoms with Crippen LogP contribution in [0.1, 0.15) is 24.2 Å². The Morgan fingerprint density at radius 3 is 2.81 bits per heavy atom. The summed E-state index contributed by atoms with van der Waals surface area (Å²) in [5, 5.41) is 3.49. The van der Waals surface area contributed by atoms with Gasteiger partial charge in [0, 0.05) is 32.1 Å². The molecule has 1 unspecified atom stereocenters. The van der Waals surface area contributed by atoms with Crippen LogP contribution in [0.3, 0.4) is 0 Å². The zero-order valence-electron chi connectivity index (χ0n) is 9.94. The van der Waals surface area contributed by atoms with Crippen molar-refractivity contribution in [1.82, 2.24) is 15.3 Å². The zero-order chi connectivity index (χ0) is 11.4. The van der Waals surface area contributed by atoms with Crippen molar-refractivity contribution in [2.45, 2.75) is 32.4 Å². The maximum atomic E-state index is 5.21. The third kappa shape index (κ3) is 3.25. The maximum Gasteiger partial charge on any atom is 0.0724 e. The highest BCUT2D eigenvalue weighted by molar-refractivity contribution is 5.01. The summed E-state index contributed by atoms with van der Waals surface area (Å²) < 4.78 is 5.21. The topological polar surface area (TPSA) is 47.0 Å². The minimum atomic E-state index is 0.466. The van der Waals surface area contributed by atoms with Crippen LogP contribution in [0.5, 0.6) is 0 Å². The number of rotatable bonds is 6. The molecule has 2 rings (SSSR count). The van der Waals surface area contributed by atoms with E-state index in [0.29, 0.717) is 6.04 Å². The largest absolute Gasteiger partial charge is 0.383 e. The molecule has 4 heteroatoms. The van der Waals surface area contributed by atoms with Crippen LogP contribution in [-0.2, 0) is 11.3 Å². The SMILES string of the molecule is COCC(NCc1cnc(C)cn1)C1CC1. The number of ether oxygens (including phenoxy) is 1. The second-order valence-corrected chi connectivity index (χ2v) is 4.43. The fourth-order valence-corrected chi connectivity index (χ4v) is 1.79. The van der Waals surface area contributed by atoms with Gasteiger partial charge in [-0.2, -0.15) is 0 Å². The molecule has 1 atom stereocenters. The lowest BCUT2D eigenvalue weighted by molar-refractivity contribution is 0.157. The highest BCUT2D eigenvalue weighted by Crippen LogP contribution is 2.32. The van der Waals surface area contributed by atoms with E-state index in [2.05, 4.69) is 15.3 Å². The van der Waals surface area contributed by atoms with E-state index in [9.17, 15) is 0 Å². The molecule has 1 saturated carbocycles. The first kappa shape index (κ1) is 11.5. The molecule has 1 aliphatic carbocycles. The lowest BCUT2D eigenvalue weighted by atomic mass is 10.2. The van der Waals surface area contributed by atoms with Crippen LogP contribution in [0.4, 0.5) is 0 Å². The molecular weight excluding hydrogens is 202 g/mol. The Kier molecular flexibility index (Phi) is 3.85. The van der Waals surface area contributed by atoms with E-state index in [0.717, 1.165) is 30.5 Å². The molecule has 1 heterocycles. The van der Waals surface area contributed by atoms with Crippen molar-refractivity contribution in [3.63, 3.8) is 0 Å². The summed E-state index contributed by atoms with van der Waals surface area (Å²) in [6.07, 6.45) is 6.28. The Balaban J connectivity index is 1.82. The molecule has 88 valence electrons. The lowest BCUT2D eigenvalue weighted by Gasteiger charge is -2.16. The highest BCUT2D eigenvalue weighted by Gasteiger charge is 2.30. The zero-order valence-corrected chi connectivity index (χ0v) is 9.94. The van der Waals surface area contributed by atoms with Gasteiger partial charge in [-0.1, -0.05) is 0 Å². The van der Waals surface area contributed by atoms with Gasteiger partial charge in [0.05, 0.1) is 18.0 Å². The van der Waals surface area contributed by atoms with Gasteiger partial charge in [-0.3, -0.25) is 9.97 Å². The van der Waals surface area contributed by atoms with Crippen molar-refractivity contribution >= 4 is 0 Å². The molecule has 0 spiro atoms. The van der Waals surface area contributed by atoms with Gasteiger partial charge in [-0.25, -0.2) is 0 Å².